The highest BCUT2D eigenvalue weighted by Crippen LogP contribution is 2.34. The molecule has 3 N–H and O–H groups in total. The fourth-order valence-corrected chi connectivity index (χ4v) is 2.73. The van der Waals surface area contributed by atoms with Crippen LogP contribution in [0, 0.1) is 0 Å². The molecule has 1 saturated heterocycles. The molecule has 5 nitrogen and oxygen atoms in total. The Kier molecular flexibility index (Phi) is 3.18. The minimum absolute atomic E-state index is 0.201. The number of benzene rings is 1. The van der Waals surface area contributed by atoms with Crippen LogP contribution in [0.25, 0.3) is 11.3 Å². The SMILES string of the molecule is C[C@H]1CCCN1c1cc(-c2ccccc2O)nnc1N. The summed E-state index contributed by atoms with van der Waals surface area (Å²) in [4.78, 5) is 2.26. The zero-order valence-electron chi connectivity index (χ0n) is 11.5. The Morgan fingerprint density at radius 3 is 2.80 bits per heavy atom. The highest BCUT2D eigenvalue weighted by atomic mass is 16.3. The van der Waals surface area contributed by atoms with Gasteiger partial charge in [0.15, 0.2) is 5.82 Å². The molecule has 1 atom stereocenters. The number of anilines is 2. The van der Waals surface area contributed by atoms with E-state index in [9.17, 15) is 5.11 Å². The second-order valence-electron chi connectivity index (χ2n) is 5.20. The molecule has 1 fully saturated rings. The van der Waals surface area contributed by atoms with Gasteiger partial charge in [-0.1, -0.05) is 12.1 Å². The van der Waals surface area contributed by atoms with Crippen LogP contribution in [0.2, 0.25) is 0 Å². The van der Waals surface area contributed by atoms with Crippen molar-refractivity contribution in [2.45, 2.75) is 25.8 Å². The van der Waals surface area contributed by atoms with E-state index in [1.807, 2.05) is 18.2 Å². The quantitative estimate of drug-likeness (QED) is 0.876. The van der Waals surface area contributed by atoms with Crippen molar-refractivity contribution < 1.29 is 5.11 Å². The Labute approximate surface area is 118 Å². The normalized spacial score (nSPS) is 18.4. The van der Waals surface area contributed by atoms with E-state index in [1.54, 1.807) is 12.1 Å². The van der Waals surface area contributed by atoms with Crippen LogP contribution in [-0.2, 0) is 0 Å². The molecule has 2 heterocycles. The molecule has 1 aromatic heterocycles. The Morgan fingerprint density at radius 1 is 1.30 bits per heavy atom. The Bertz CT molecular complexity index is 629. The van der Waals surface area contributed by atoms with Gasteiger partial charge in [0, 0.05) is 18.2 Å². The number of hydrogen-bond donors (Lipinski definition) is 2. The summed E-state index contributed by atoms with van der Waals surface area (Å²) in [7, 11) is 0. The zero-order valence-corrected chi connectivity index (χ0v) is 11.5. The van der Waals surface area contributed by atoms with Gasteiger partial charge in [-0.25, -0.2) is 0 Å². The van der Waals surface area contributed by atoms with E-state index in [0.29, 0.717) is 23.1 Å². The van der Waals surface area contributed by atoms with Crippen molar-refractivity contribution in [3.8, 4) is 17.0 Å². The first-order valence-electron chi connectivity index (χ1n) is 6.85. The first-order chi connectivity index (χ1) is 9.66. The lowest BCUT2D eigenvalue weighted by Gasteiger charge is -2.24. The highest BCUT2D eigenvalue weighted by Gasteiger charge is 2.23. The molecule has 2 aromatic rings. The van der Waals surface area contributed by atoms with Crippen molar-refractivity contribution in [3.63, 3.8) is 0 Å². The van der Waals surface area contributed by atoms with Crippen molar-refractivity contribution in [2.24, 2.45) is 0 Å². The van der Waals surface area contributed by atoms with Crippen molar-refractivity contribution in [2.75, 3.05) is 17.2 Å². The maximum atomic E-state index is 9.93. The van der Waals surface area contributed by atoms with E-state index in [-0.39, 0.29) is 5.75 Å². The Hall–Kier alpha value is -2.30. The molecule has 1 aliphatic rings. The summed E-state index contributed by atoms with van der Waals surface area (Å²) >= 11 is 0. The van der Waals surface area contributed by atoms with Crippen LogP contribution in [0.4, 0.5) is 11.5 Å². The maximum absolute atomic E-state index is 9.93. The van der Waals surface area contributed by atoms with Gasteiger partial charge in [0.05, 0.1) is 11.4 Å². The van der Waals surface area contributed by atoms with Gasteiger partial charge in [-0.05, 0) is 38.0 Å². The molecule has 1 aromatic carbocycles. The molecule has 0 amide bonds. The largest absolute Gasteiger partial charge is 0.507 e. The number of nitrogens with zero attached hydrogens (tertiary/aromatic N) is 3. The third-order valence-corrected chi connectivity index (χ3v) is 3.84. The average molecular weight is 270 g/mol. The lowest BCUT2D eigenvalue weighted by atomic mass is 10.1. The number of aromatic hydroxyl groups is 1. The van der Waals surface area contributed by atoms with Crippen LogP contribution in [0.5, 0.6) is 5.75 Å². The molecule has 3 rings (SSSR count). The van der Waals surface area contributed by atoms with Crippen molar-refractivity contribution >= 4 is 11.5 Å². The summed E-state index contributed by atoms with van der Waals surface area (Å²) in [6, 6.07) is 9.49. The topological polar surface area (TPSA) is 75.3 Å². The standard InChI is InChI=1S/C15H18N4O/c1-10-5-4-8-19(10)13-9-12(17-18-15(13)16)11-6-2-3-7-14(11)20/h2-3,6-7,9-10,20H,4-5,8H2,1H3,(H2,16,18)/t10-/m0/s1. The number of nitrogens with two attached hydrogens (primary N) is 1. The zero-order chi connectivity index (χ0) is 14.1. The third-order valence-electron chi connectivity index (χ3n) is 3.84. The minimum Gasteiger partial charge on any atom is -0.507 e. The smallest absolute Gasteiger partial charge is 0.169 e. The van der Waals surface area contributed by atoms with E-state index in [2.05, 4.69) is 22.0 Å². The molecule has 1 aliphatic heterocycles. The summed E-state index contributed by atoms with van der Waals surface area (Å²) < 4.78 is 0. The molecule has 0 unspecified atom stereocenters. The molecular formula is C15H18N4O. The molecule has 0 bridgehead atoms. The summed E-state index contributed by atoms with van der Waals surface area (Å²) in [6.07, 6.45) is 2.32. The van der Waals surface area contributed by atoms with E-state index < -0.39 is 0 Å². The predicted octanol–water partition coefficient (Wildman–Crippen LogP) is 2.42. The number of phenols is 1. The number of rotatable bonds is 2. The molecule has 104 valence electrons. The van der Waals surface area contributed by atoms with Crippen LogP contribution in [0.1, 0.15) is 19.8 Å². The third kappa shape index (κ3) is 2.15. The lowest BCUT2D eigenvalue weighted by Crippen LogP contribution is -2.27. The van der Waals surface area contributed by atoms with Gasteiger partial charge in [0.1, 0.15) is 5.75 Å². The summed E-state index contributed by atoms with van der Waals surface area (Å²) in [5.74, 6) is 0.643. The van der Waals surface area contributed by atoms with Gasteiger partial charge in [0.25, 0.3) is 0 Å². The van der Waals surface area contributed by atoms with Crippen molar-refractivity contribution in [1.29, 1.82) is 0 Å². The molecular weight excluding hydrogens is 252 g/mol. The van der Waals surface area contributed by atoms with E-state index in [0.717, 1.165) is 25.1 Å². The van der Waals surface area contributed by atoms with Gasteiger partial charge < -0.3 is 15.7 Å². The van der Waals surface area contributed by atoms with Crippen LogP contribution >= 0.6 is 0 Å². The second kappa shape index (κ2) is 5.00. The molecule has 0 aliphatic carbocycles. The fraction of sp³-hybridized carbons (Fsp3) is 0.333. The fourth-order valence-electron chi connectivity index (χ4n) is 2.73. The summed E-state index contributed by atoms with van der Waals surface area (Å²) in [5.41, 5.74) is 8.19. The number of phenolic OH excluding ortho intramolecular Hbond substituents is 1. The Balaban J connectivity index is 2.05. The maximum Gasteiger partial charge on any atom is 0.169 e. The molecule has 5 heteroatoms. The number of hydrogen-bond acceptors (Lipinski definition) is 5. The monoisotopic (exact) mass is 270 g/mol. The molecule has 20 heavy (non-hydrogen) atoms. The highest BCUT2D eigenvalue weighted by molar-refractivity contribution is 5.74. The van der Waals surface area contributed by atoms with Gasteiger partial charge in [-0.3, -0.25) is 0 Å². The molecule has 0 saturated carbocycles. The number of nitrogen functional groups attached to an aromatic ring is 1. The van der Waals surface area contributed by atoms with Crippen LogP contribution in [0.15, 0.2) is 30.3 Å². The predicted molar refractivity (Wildman–Crippen MR) is 79.6 cm³/mol. The summed E-state index contributed by atoms with van der Waals surface area (Å²) in [6.45, 7) is 3.17. The van der Waals surface area contributed by atoms with Crippen LogP contribution in [-0.4, -0.2) is 27.9 Å². The van der Waals surface area contributed by atoms with Crippen molar-refractivity contribution in [3.05, 3.63) is 30.3 Å². The Morgan fingerprint density at radius 2 is 2.10 bits per heavy atom. The minimum atomic E-state index is 0.201. The lowest BCUT2D eigenvalue weighted by molar-refractivity contribution is 0.477. The van der Waals surface area contributed by atoms with E-state index in [1.165, 1.54) is 0 Å². The van der Waals surface area contributed by atoms with Crippen molar-refractivity contribution in [1.82, 2.24) is 10.2 Å². The van der Waals surface area contributed by atoms with Gasteiger partial charge >= 0.3 is 0 Å². The van der Waals surface area contributed by atoms with Gasteiger partial charge in [-0.15, -0.1) is 10.2 Å². The van der Waals surface area contributed by atoms with Gasteiger partial charge in [-0.2, -0.15) is 0 Å². The van der Waals surface area contributed by atoms with Crippen LogP contribution < -0.4 is 10.6 Å². The molecule has 0 radical (unpaired) electrons. The number of para-hydroxylation sites is 1. The summed E-state index contributed by atoms with van der Waals surface area (Å²) in [5, 5.41) is 18.1. The number of aromatic nitrogens is 2. The van der Waals surface area contributed by atoms with Crippen LogP contribution in [0.3, 0.4) is 0 Å². The first kappa shape index (κ1) is 12.7. The molecule has 0 spiro atoms. The van der Waals surface area contributed by atoms with E-state index in [4.69, 9.17) is 5.73 Å². The average Bonchev–Trinajstić information content (AvgIpc) is 2.86. The second-order valence-corrected chi connectivity index (χ2v) is 5.20. The van der Waals surface area contributed by atoms with Gasteiger partial charge in [0.2, 0.25) is 0 Å². The van der Waals surface area contributed by atoms with E-state index >= 15 is 0 Å². The first-order valence-corrected chi connectivity index (χ1v) is 6.85.